The third-order valence-corrected chi connectivity index (χ3v) is 5.31. The summed E-state index contributed by atoms with van der Waals surface area (Å²) >= 11 is 5.90. The second-order valence-electron chi connectivity index (χ2n) is 6.57. The van der Waals surface area contributed by atoms with Crippen LogP contribution in [0.25, 0.3) is 11.3 Å². The van der Waals surface area contributed by atoms with Crippen LogP contribution >= 0.6 is 11.6 Å². The molecule has 0 spiro atoms. The highest BCUT2D eigenvalue weighted by molar-refractivity contribution is 6.76. The molecule has 0 saturated heterocycles. The zero-order valence-electron chi connectivity index (χ0n) is 13.5. The van der Waals surface area contributed by atoms with E-state index in [0.29, 0.717) is 17.3 Å². The first kappa shape index (κ1) is 17.7. The topological polar surface area (TPSA) is 64.4 Å². The summed E-state index contributed by atoms with van der Waals surface area (Å²) in [5.74, 6) is -1.05. The number of hydrogen-bond acceptors (Lipinski definition) is 3. The summed E-state index contributed by atoms with van der Waals surface area (Å²) in [6, 6.07) is 9.80. The van der Waals surface area contributed by atoms with Gasteiger partial charge in [-0.05, 0) is 24.2 Å². The molecule has 2 aromatic rings. The van der Waals surface area contributed by atoms with Crippen molar-refractivity contribution in [2.75, 3.05) is 6.61 Å². The molecule has 0 bridgehead atoms. The van der Waals surface area contributed by atoms with Gasteiger partial charge in [0.25, 0.3) is 0 Å². The van der Waals surface area contributed by atoms with Crippen molar-refractivity contribution in [3.8, 4) is 11.3 Å². The van der Waals surface area contributed by atoms with Crippen LogP contribution in [0, 0.1) is 0 Å². The number of benzene rings is 1. The van der Waals surface area contributed by atoms with Crippen molar-refractivity contribution in [1.82, 2.24) is 9.78 Å². The van der Waals surface area contributed by atoms with Gasteiger partial charge in [0.05, 0.1) is 5.69 Å². The molecule has 0 aliphatic rings. The summed E-state index contributed by atoms with van der Waals surface area (Å²) in [6.07, 6.45) is 0. The summed E-state index contributed by atoms with van der Waals surface area (Å²) < 4.78 is 7.27. The van der Waals surface area contributed by atoms with Gasteiger partial charge < -0.3 is 9.84 Å². The molecule has 0 saturated carbocycles. The van der Waals surface area contributed by atoms with Gasteiger partial charge in [-0.15, -0.1) is 0 Å². The molecule has 1 N–H and O–H groups in total. The Morgan fingerprint density at radius 2 is 1.96 bits per heavy atom. The first-order chi connectivity index (χ1) is 10.8. The number of halogens is 1. The molecule has 0 fully saturated rings. The lowest BCUT2D eigenvalue weighted by Crippen LogP contribution is -2.22. The molecule has 1 aromatic carbocycles. The second kappa shape index (κ2) is 7.29. The minimum Gasteiger partial charge on any atom is -0.476 e. The fourth-order valence-corrected chi connectivity index (χ4v) is 2.88. The molecule has 0 amide bonds. The number of carbonyl (C=O) groups is 1. The van der Waals surface area contributed by atoms with Crippen LogP contribution in [-0.4, -0.2) is 35.5 Å². The number of aromatic nitrogens is 2. The Bertz CT molecular complexity index is 678. The van der Waals surface area contributed by atoms with E-state index in [1.165, 1.54) is 0 Å². The summed E-state index contributed by atoms with van der Waals surface area (Å²) in [7, 11) is -1.16. The van der Waals surface area contributed by atoms with Gasteiger partial charge in [0, 0.05) is 25.3 Å². The van der Waals surface area contributed by atoms with Crippen LogP contribution in [0.5, 0.6) is 0 Å². The number of carboxylic acids is 1. The minimum absolute atomic E-state index is 0.00347. The Morgan fingerprint density at radius 1 is 1.30 bits per heavy atom. The van der Waals surface area contributed by atoms with E-state index in [1.807, 2.05) is 12.1 Å². The third kappa shape index (κ3) is 5.19. The summed E-state index contributed by atoms with van der Waals surface area (Å²) in [6.45, 7) is 7.73. The lowest BCUT2D eigenvalue weighted by Gasteiger charge is -2.15. The molecule has 0 radical (unpaired) electrons. The molecule has 5 nitrogen and oxygen atoms in total. The van der Waals surface area contributed by atoms with E-state index >= 15 is 0 Å². The highest BCUT2D eigenvalue weighted by Crippen LogP contribution is 2.23. The van der Waals surface area contributed by atoms with Gasteiger partial charge >= 0.3 is 5.97 Å². The molecular weight excluding hydrogens is 332 g/mol. The Hall–Kier alpha value is -1.63. The average Bonchev–Trinajstić information content (AvgIpc) is 2.88. The largest absolute Gasteiger partial charge is 0.476 e. The van der Waals surface area contributed by atoms with Crippen molar-refractivity contribution >= 4 is 25.6 Å². The summed E-state index contributed by atoms with van der Waals surface area (Å²) in [5.41, 5.74) is 1.55. The lowest BCUT2D eigenvalue weighted by atomic mass is 10.1. The number of hydrogen-bond donors (Lipinski definition) is 1. The summed E-state index contributed by atoms with van der Waals surface area (Å²) in [5, 5.41) is 13.9. The highest BCUT2D eigenvalue weighted by Gasteiger charge is 2.16. The normalized spacial score (nSPS) is 11.7. The van der Waals surface area contributed by atoms with Crippen molar-refractivity contribution in [2.24, 2.45) is 0 Å². The quantitative estimate of drug-likeness (QED) is 0.598. The van der Waals surface area contributed by atoms with Crippen LogP contribution in [0.3, 0.4) is 0 Å². The van der Waals surface area contributed by atoms with E-state index in [-0.39, 0.29) is 12.4 Å². The number of ether oxygens (including phenoxy) is 1. The summed E-state index contributed by atoms with van der Waals surface area (Å²) in [4.78, 5) is 11.2. The first-order valence-electron chi connectivity index (χ1n) is 7.41. The number of rotatable bonds is 7. The molecule has 1 heterocycles. The van der Waals surface area contributed by atoms with Gasteiger partial charge in [-0.2, -0.15) is 5.10 Å². The van der Waals surface area contributed by atoms with Crippen molar-refractivity contribution in [1.29, 1.82) is 0 Å². The van der Waals surface area contributed by atoms with Gasteiger partial charge in [-0.1, -0.05) is 43.4 Å². The van der Waals surface area contributed by atoms with Gasteiger partial charge in [-0.25, -0.2) is 9.48 Å². The van der Waals surface area contributed by atoms with Crippen LogP contribution < -0.4 is 0 Å². The predicted molar refractivity (Wildman–Crippen MR) is 93.7 cm³/mol. The number of aromatic carboxylic acids is 1. The third-order valence-electron chi connectivity index (χ3n) is 3.35. The fourth-order valence-electron chi connectivity index (χ4n) is 2.00. The number of nitrogens with zero attached hydrogens (tertiary/aromatic N) is 2. The Kier molecular flexibility index (Phi) is 5.62. The first-order valence-corrected chi connectivity index (χ1v) is 11.5. The van der Waals surface area contributed by atoms with Crippen LogP contribution in [-0.2, 0) is 11.5 Å². The van der Waals surface area contributed by atoms with E-state index in [0.717, 1.165) is 11.6 Å². The SMILES string of the molecule is C[Si](C)(C)CCOCn1nc(C(=O)O)cc1-c1ccc(Cl)cc1. The second-order valence-corrected chi connectivity index (χ2v) is 12.6. The maximum Gasteiger partial charge on any atom is 0.356 e. The molecule has 2 rings (SSSR count). The molecule has 0 aliphatic carbocycles. The van der Waals surface area contributed by atoms with Gasteiger partial charge in [0.15, 0.2) is 5.69 Å². The zero-order chi connectivity index (χ0) is 17.0. The molecule has 0 atom stereocenters. The lowest BCUT2D eigenvalue weighted by molar-refractivity contribution is 0.0673. The molecule has 124 valence electrons. The van der Waals surface area contributed by atoms with Gasteiger partial charge in [0.2, 0.25) is 0 Å². The maximum absolute atomic E-state index is 11.2. The molecule has 23 heavy (non-hydrogen) atoms. The van der Waals surface area contributed by atoms with Crippen LogP contribution in [0.2, 0.25) is 30.7 Å². The molecule has 1 aromatic heterocycles. The molecule has 7 heteroatoms. The monoisotopic (exact) mass is 352 g/mol. The standard InChI is InChI=1S/C16H21ClN2O3Si/c1-23(2,3)9-8-22-11-19-15(10-14(18-19)16(20)21)12-4-6-13(17)7-5-12/h4-7,10H,8-9,11H2,1-3H3,(H,20,21). The zero-order valence-corrected chi connectivity index (χ0v) is 15.3. The van der Waals surface area contributed by atoms with Gasteiger partial charge in [-0.3, -0.25) is 0 Å². The van der Waals surface area contributed by atoms with Gasteiger partial charge in [0.1, 0.15) is 6.73 Å². The van der Waals surface area contributed by atoms with Crippen LogP contribution in [0.1, 0.15) is 10.5 Å². The van der Waals surface area contributed by atoms with E-state index in [1.54, 1.807) is 22.9 Å². The molecular formula is C16H21ClN2O3Si. The average molecular weight is 353 g/mol. The predicted octanol–water partition coefficient (Wildman–Crippen LogP) is 4.21. The highest BCUT2D eigenvalue weighted by atomic mass is 35.5. The van der Waals surface area contributed by atoms with E-state index in [2.05, 4.69) is 24.7 Å². The maximum atomic E-state index is 11.2. The number of carboxylic acid groups (broad SMARTS) is 1. The van der Waals surface area contributed by atoms with E-state index in [9.17, 15) is 4.79 Å². The van der Waals surface area contributed by atoms with Crippen molar-refractivity contribution in [2.45, 2.75) is 32.4 Å². The van der Waals surface area contributed by atoms with Crippen LogP contribution in [0.15, 0.2) is 30.3 Å². The van der Waals surface area contributed by atoms with Crippen LogP contribution in [0.4, 0.5) is 0 Å². The van der Waals surface area contributed by atoms with E-state index in [4.69, 9.17) is 21.4 Å². The minimum atomic E-state index is -1.16. The smallest absolute Gasteiger partial charge is 0.356 e. The Morgan fingerprint density at radius 3 is 2.52 bits per heavy atom. The van der Waals surface area contributed by atoms with E-state index < -0.39 is 14.0 Å². The van der Waals surface area contributed by atoms with Crippen molar-refractivity contribution < 1.29 is 14.6 Å². The van der Waals surface area contributed by atoms with Crippen molar-refractivity contribution in [3.63, 3.8) is 0 Å². The van der Waals surface area contributed by atoms with Crippen molar-refractivity contribution in [3.05, 3.63) is 41.0 Å². The Balaban J connectivity index is 2.17. The molecule has 0 unspecified atom stereocenters. The fraction of sp³-hybridized carbons (Fsp3) is 0.375. The molecule has 0 aliphatic heterocycles. The Labute approximate surface area is 141 Å².